The molecule has 0 saturated carbocycles. The number of benzene rings is 1. The summed E-state index contributed by atoms with van der Waals surface area (Å²) in [5.41, 5.74) is 1.85. The normalized spacial score (nSPS) is 11.2. The fraction of sp³-hybridized carbons (Fsp3) is 0.286. The van der Waals surface area contributed by atoms with Crippen molar-refractivity contribution >= 4 is 22.6 Å². The summed E-state index contributed by atoms with van der Waals surface area (Å²) < 4.78 is 7.34. The standard InChI is InChI=1S/C14H15ClN4O/c15-14-12(11-4-1-2-5-13(11)20-14)10-16-6-3-8-19-9-7-17-18-19/h1-2,4-5,7,9,16H,3,6,8,10H2. The molecule has 0 spiro atoms. The molecule has 6 heteroatoms. The van der Waals surface area contributed by atoms with E-state index in [0.29, 0.717) is 11.8 Å². The second-order valence-electron chi connectivity index (χ2n) is 4.55. The van der Waals surface area contributed by atoms with Gasteiger partial charge in [-0.15, -0.1) is 5.10 Å². The number of rotatable bonds is 6. The fourth-order valence-electron chi connectivity index (χ4n) is 2.17. The molecule has 0 atom stereocenters. The van der Waals surface area contributed by atoms with E-state index in [9.17, 15) is 0 Å². The Kier molecular flexibility index (Phi) is 3.99. The SMILES string of the molecule is Clc1oc2ccccc2c1CNCCCn1ccnn1. The van der Waals surface area contributed by atoms with E-state index in [1.807, 2.05) is 35.1 Å². The van der Waals surface area contributed by atoms with Gasteiger partial charge in [0.1, 0.15) is 5.58 Å². The van der Waals surface area contributed by atoms with Gasteiger partial charge in [-0.25, -0.2) is 0 Å². The van der Waals surface area contributed by atoms with Gasteiger partial charge in [0, 0.05) is 30.2 Å². The molecule has 0 amide bonds. The lowest BCUT2D eigenvalue weighted by Gasteiger charge is -2.04. The van der Waals surface area contributed by atoms with Crippen LogP contribution in [-0.2, 0) is 13.1 Å². The molecule has 0 unspecified atom stereocenters. The van der Waals surface area contributed by atoms with E-state index < -0.39 is 0 Å². The number of hydrogen-bond donors (Lipinski definition) is 1. The number of aromatic nitrogens is 3. The van der Waals surface area contributed by atoms with Crippen LogP contribution in [0, 0.1) is 0 Å². The maximum Gasteiger partial charge on any atom is 0.199 e. The van der Waals surface area contributed by atoms with Gasteiger partial charge in [0.25, 0.3) is 0 Å². The molecule has 0 aliphatic carbocycles. The highest BCUT2D eigenvalue weighted by molar-refractivity contribution is 6.30. The molecular weight excluding hydrogens is 276 g/mol. The maximum atomic E-state index is 6.13. The summed E-state index contributed by atoms with van der Waals surface area (Å²) in [6.07, 6.45) is 4.53. The first-order valence-electron chi connectivity index (χ1n) is 6.55. The molecule has 0 saturated heterocycles. The Hall–Kier alpha value is -1.85. The van der Waals surface area contributed by atoms with Crippen LogP contribution in [0.2, 0.25) is 5.22 Å². The lowest BCUT2D eigenvalue weighted by atomic mass is 10.2. The lowest BCUT2D eigenvalue weighted by Crippen LogP contribution is -2.16. The summed E-state index contributed by atoms with van der Waals surface area (Å²) in [7, 11) is 0. The first-order valence-corrected chi connectivity index (χ1v) is 6.93. The van der Waals surface area contributed by atoms with Gasteiger partial charge in [-0.1, -0.05) is 23.4 Å². The molecule has 3 aromatic rings. The van der Waals surface area contributed by atoms with Gasteiger partial charge in [-0.2, -0.15) is 0 Å². The number of para-hydroxylation sites is 1. The van der Waals surface area contributed by atoms with Crippen molar-refractivity contribution in [1.29, 1.82) is 0 Å². The minimum absolute atomic E-state index is 0.468. The molecular formula is C14H15ClN4O. The Morgan fingerprint density at radius 1 is 1.30 bits per heavy atom. The second kappa shape index (κ2) is 6.07. The summed E-state index contributed by atoms with van der Waals surface area (Å²) in [5, 5.41) is 12.6. The predicted octanol–water partition coefficient (Wildman–Crippen LogP) is 2.86. The summed E-state index contributed by atoms with van der Waals surface area (Å²) in [6.45, 7) is 2.44. The van der Waals surface area contributed by atoms with E-state index >= 15 is 0 Å². The molecule has 0 fully saturated rings. The number of furan rings is 1. The number of aryl methyl sites for hydroxylation is 1. The first kappa shape index (κ1) is 13.1. The van der Waals surface area contributed by atoms with Gasteiger partial charge in [-0.3, -0.25) is 4.68 Å². The van der Waals surface area contributed by atoms with E-state index in [2.05, 4.69) is 15.6 Å². The highest BCUT2D eigenvalue weighted by atomic mass is 35.5. The molecule has 1 N–H and O–H groups in total. The average Bonchev–Trinajstić information content (AvgIpc) is 3.06. The van der Waals surface area contributed by atoms with Gasteiger partial charge in [0.2, 0.25) is 0 Å². The van der Waals surface area contributed by atoms with Crippen molar-refractivity contribution in [3.8, 4) is 0 Å². The van der Waals surface area contributed by atoms with Crippen molar-refractivity contribution < 1.29 is 4.42 Å². The third-order valence-electron chi connectivity index (χ3n) is 3.16. The molecule has 5 nitrogen and oxygen atoms in total. The van der Waals surface area contributed by atoms with Crippen molar-refractivity contribution in [2.45, 2.75) is 19.5 Å². The summed E-state index contributed by atoms with van der Waals surface area (Å²) in [4.78, 5) is 0. The monoisotopic (exact) mass is 290 g/mol. The molecule has 3 rings (SSSR count). The van der Waals surface area contributed by atoms with Crippen LogP contribution in [0.3, 0.4) is 0 Å². The topological polar surface area (TPSA) is 55.9 Å². The summed E-state index contributed by atoms with van der Waals surface area (Å²) in [6, 6.07) is 7.88. The van der Waals surface area contributed by atoms with Crippen LogP contribution in [0.15, 0.2) is 41.1 Å². The van der Waals surface area contributed by atoms with E-state index in [1.54, 1.807) is 6.20 Å². The molecule has 104 valence electrons. The lowest BCUT2D eigenvalue weighted by molar-refractivity contribution is 0.528. The number of nitrogens with zero attached hydrogens (tertiary/aromatic N) is 3. The van der Waals surface area contributed by atoms with E-state index in [4.69, 9.17) is 16.0 Å². The number of fused-ring (bicyclic) bond motifs is 1. The van der Waals surface area contributed by atoms with Crippen molar-refractivity contribution in [3.05, 3.63) is 47.4 Å². The van der Waals surface area contributed by atoms with Crippen molar-refractivity contribution in [3.63, 3.8) is 0 Å². The first-order chi connectivity index (χ1) is 9.84. The smallest absolute Gasteiger partial charge is 0.199 e. The molecule has 20 heavy (non-hydrogen) atoms. The zero-order valence-corrected chi connectivity index (χ0v) is 11.7. The van der Waals surface area contributed by atoms with Crippen LogP contribution < -0.4 is 5.32 Å². The van der Waals surface area contributed by atoms with Crippen LogP contribution in [0.1, 0.15) is 12.0 Å². The quantitative estimate of drug-likeness (QED) is 0.709. The van der Waals surface area contributed by atoms with Gasteiger partial charge < -0.3 is 9.73 Å². The molecule has 2 heterocycles. The van der Waals surface area contributed by atoms with Crippen LogP contribution in [0.5, 0.6) is 0 Å². The van der Waals surface area contributed by atoms with Crippen LogP contribution in [0.25, 0.3) is 11.0 Å². The van der Waals surface area contributed by atoms with E-state index in [1.165, 1.54) is 0 Å². The van der Waals surface area contributed by atoms with Crippen LogP contribution >= 0.6 is 11.6 Å². The molecule has 0 bridgehead atoms. The third-order valence-corrected chi connectivity index (χ3v) is 3.47. The predicted molar refractivity (Wildman–Crippen MR) is 77.6 cm³/mol. The Balaban J connectivity index is 1.53. The highest BCUT2D eigenvalue weighted by Gasteiger charge is 2.10. The van der Waals surface area contributed by atoms with Crippen molar-refractivity contribution in [1.82, 2.24) is 20.3 Å². The number of halogens is 1. The van der Waals surface area contributed by atoms with Gasteiger partial charge >= 0.3 is 0 Å². The van der Waals surface area contributed by atoms with Gasteiger partial charge in [0.05, 0.1) is 6.20 Å². The van der Waals surface area contributed by atoms with Gasteiger partial charge in [-0.05, 0) is 30.6 Å². The minimum Gasteiger partial charge on any atom is -0.444 e. The van der Waals surface area contributed by atoms with Crippen molar-refractivity contribution in [2.24, 2.45) is 0 Å². The highest BCUT2D eigenvalue weighted by Crippen LogP contribution is 2.29. The summed E-state index contributed by atoms with van der Waals surface area (Å²) >= 11 is 6.13. The Morgan fingerprint density at radius 3 is 3.05 bits per heavy atom. The van der Waals surface area contributed by atoms with Gasteiger partial charge in [0.15, 0.2) is 5.22 Å². The Labute approximate surface area is 121 Å². The third kappa shape index (κ3) is 2.84. The molecule has 2 aromatic heterocycles. The largest absolute Gasteiger partial charge is 0.444 e. The minimum atomic E-state index is 0.468. The molecule has 0 radical (unpaired) electrons. The zero-order chi connectivity index (χ0) is 13.8. The van der Waals surface area contributed by atoms with E-state index in [0.717, 1.165) is 36.0 Å². The molecule has 1 aromatic carbocycles. The fourth-order valence-corrected chi connectivity index (χ4v) is 2.42. The molecule has 0 aliphatic heterocycles. The average molecular weight is 291 g/mol. The number of nitrogens with one attached hydrogen (secondary N) is 1. The van der Waals surface area contributed by atoms with E-state index in [-0.39, 0.29) is 0 Å². The zero-order valence-electron chi connectivity index (χ0n) is 10.9. The Morgan fingerprint density at radius 2 is 2.20 bits per heavy atom. The van der Waals surface area contributed by atoms with Crippen LogP contribution in [0.4, 0.5) is 0 Å². The second-order valence-corrected chi connectivity index (χ2v) is 4.89. The molecule has 0 aliphatic rings. The Bertz CT molecular complexity index is 678. The summed E-state index contributed by atoms with van der Waals surface area (Å²) in [5.74, 6) is 0. The maximum absolute atomic E-state index is 6.13. The number of hydrogen-bond acceptors (Lipinski definition) is 4. The van der Waals surface area contributed by atoms with Crippen LogP contribution in [-0.4, -0.2) is 21.5 Å². The van der Waals surface area contributed by atoms with Crippen molar-refractivity contribution in [2.75, 3.05) is 6.54 Å².